The molecule has 1 N–H and O–H groups in total. The third-order valence-corrected chi connectivity index (χ3v) is 5.14. The van der Waals surface area contributed by atoms with Gasteiger partial charge in [-0.05, 0) is 37.8 Å². The SMILES string of the molecule is COc1ccc2oc(CNC(=O)[C@H]3CC(=O)OC34CCCC4)nc2c1. The van der Waals surface area contributed by atoms with Crippen molar-refractivity contribution in [3.05, 3.63) is 24.1 Å². The maximum Gasteiger partial charge on any atom is 0.307 e. The summed E-state index contributed by atoms with van der Waals surface area (Å²) in [5.41, 5.74) is 0.711. The predicted octanol–water partition coefficient (Wildman–Crippen LogP) is 2.33. The van der Waals surface area contributed by atoms with Crippen molar-refractivity contribution in [1.29, 1.82) is 0 Å². The van der Waals surface area contributed by atoms with Crippen LogP contribution >= 0.6 is 0 Å². The van der Waals surface area contributed by atoms with Gasteiger partial charge in [-0.3, -0.25) is 9.59 Å². The van der Waals surface area contributed by atoms with E-state index in [1.54, 1.807) is 25.3 Å². The molecule has 4 rings (SSSR count). The van der Waals surface area contributed by atoms with Crippen LogP contribution < -0.4 is 10.1 Å². The lowest BCUT2D eigenvalue weighted by atomic mass is 9.85. The van der Waals surface area contributed by atoms with E-state index < -0.39 is 11.5 Å². The second kappa shape index (κ2) is 6.06. The highest BCUT2D eigenvalue weighted by Crippen LogP contribution is 2.45. The van der Waals surface area contributed by atoms with Gasteiger partial charge in [-0.15, -0.1) is 0 Å². The number of nitrogens with one attached hydrogen (secondary N) is 1. The van der Waals surface area contributed by atoms with E-state index in [0.29, 0.717) is 22.7 Å². The number of oxazole rings is 1. The van der Waals surface area contributed by atoms with E-state index in [1.165, 1.54) is 0 Å². The standard InChI is InChI=1S/C18H20N2O5/c1-23-11-4-5-14-13(8-11)20-15(24-14)10-19-17(22)12-9-16(21)25-18(12)6-2-3-7-18/h4-5,8,12H,2-3,6-7,9-10H2,1H3,(H,19,22)/t12-/m1/s1. The smallest absolute Gasteiger partial charge is 0.307 e. The molecule has 1 spiro atoms. The van der Waals surface area contributed by atoms with Gasteiger partial charge in [0.25, 0.3) is 0 Å². The zero-order valence-electron chi connectivity index (χ0n) is 14.0. The monoisotopic (exact) mass is 344 g/mol. The highest BCUT2D eigenvalue weighted by atomic mass is 16.6. The van der Waals surface area contributed by atoms with E-state index in [4.69, 9.17) is 13.9 Å². The summed E-state index contributed by atoms with van der Waals surface area (Å²) in [6.07, 6.45) is 3.66. The molecule has 1 atom stereocenters. The summed E-state index contributed by atoms with van der Waals surface area (Å²) in [6, 6.07) is 5.35. The summed E-state index contributed by atoms with van der Waals surface area (Å²) in [4.78, 5) is 28.7. The zero-order chi connectivity index (χ0) is 17.4. The van der Waals surface area contributed by atoms with Gasteiger partial charge >= 0.3 is 5.97 Å². The van der Waals surface area contributed by atoms with Gasteiger partial charge in [0.05, 0.1) is 26.0 Å². The van der Waals surface area contributed by atoms with Crippen molar-refractivity contribution in [2.75, 3.05) is 7.11 Å². The van der Waals surface area contributed by atoms with Gasteiger partial charge in [0.2, 0.25) is 11.8 Å². The van der Waals surface area contributed by atoms with Crippen molar-refractivity contribution < 1.29 is 23.5 Å². The molecule has 1 aliphatic heterocycles. The molecule has 2 aliphatic rings. The van der Waals surface area contributed by atoms with E-state index in [0.717, 1.165) is 25.7 Å². The van der Waals surface area contributed by atoms with Crippen molar-refractivity contribution in [3.63, 3.8) is 0 Å². The molecule has 0 unspecified atom stereocenters. The molecule has 2 heterocycles. The molecule has 7 nitrogen and oxygen atoms in total. The number of fused-ring (bicyclic) bond motifs is 1. The first-order chi connectivity index (χ1) is 12.1. The summed E-state index contributed by atoms with van der Waals surface area (Å²) >= 11 is 0. The number of amides is 1. The quantitative estimate of drug-likeness (QED) is 0.856. The minimum Gasteiger partial charge on any atom is -0.497 e. The number of carbonyl (C=O) groups excluding carboxylic acids is 2. The van der Waals surface area contributed by atoms with E-state index in [9.17, 15) is 9.59 Å². The highest BCUT2D eigenvalue weighted by molar-refractivity contribution is 5.88. The first kappa shape index (κ1) is 15.9. The number of rotatable bonds is 4. The Morgan fingerprint density at radius 1 is 1.40 bits per heavy atom. The molecule has 1 aromatic heterocycles. The number of esters is 1. The molecule has 1 aromatic carbocycles. The fraction of sp³-hybridized carbons (Fsp3) is 0.500. The molecule has 1 saturated carbocycles. The van der Waals surface area contributed by atoms with Gasteiger partial charge in [0.1, 0.15) is 16.9 Å². The summed E-state index contributed by atoms with van der Waals surface area (Å²) in [7, 11) is 1.59. The molecule has 0 bridgehead atoms. The van der Waals surface area contributed by atoms with Crippen LogP contribution in [0.15, 0.2) is 22.6 Å². The first-order valence-corrected chi connectivity index (χ1v) is 8.53. The second-order valence-electron chi connectivity index (χ2n) is 6.66. The van der Waals surface area contributed by atoms with E-state index in [2.05, 4.69) is 10.3 Å². The van der Waals surface area contributed by atoms with Gasteiger partial charge in [0, 0.05) is 6.07 Å². The lowest BCUT2D eigenvalue weighted by Gasteiger charge is -2.27. The van der Waals surface area contributed by atoms with E-state index in [1.807, 2.05) is 0 Å². The molecule has 0 radical (unpaired) electrons. The maximum atomic E-state index is 12.6. The number of carbonyl (C=O) groups is 2. The molecular weight excluding hydrogens is 324 g/mol. The Kier molecular flexibility index (Phi) is 3.86. The first-order valence-electron chi connectivity index (χ1n) is 8.53. The van der Waals surface area contributed by atoms with Crippen LogP contribution in [0.4, 0.5) is 0 Å². The molecule has 25 heavy (non-hydrogen) atoms. The Morgan fingerprint density at radius 2 is 2.20 bits per heavy atom. The highest BCUT2D eigenvalue weighted by Gasteiger charge is 2.53. The minimum absolute atomic E-state index is 0.149. The molecule has 7 heteroatoms. The Morgan fingerprint density at radius 3 is 2.96 bits per heavy atom. The fourth-order valence-corrected chi connectivity index (χ4v) is 3.89. The minimum atomic E-state index is -0.601. The average molecular weight is 344 g/mol. The predicted molar refractivity (Wildman–Crippen MR) is 87.8 cm³/mol. The molecule has 1 saturated heterocycles. The molecule has 2 fully saturated rings. The molecule has 1 aliphatic carbocycles. The summed E-state index contributed by atoms with van der Waals surface area (Å²) < 4.78 is 16.3. The van der Waals surface area contributed by atoms with Crippen LogP contribution in [0.3, 0.4) is 0 Å². The van der Waals surface area contributed by atoms with Crippen molar-refractivity contribution in [1.82, 2.24) is 10.3 Å². The third kappa shape index (κ3) is 2.83. The number of benzene rings is 1. The second-order valence-corrected chi connectivity index (χ2v) is 6.66. The van der Waals surface area contributed by atoms with Crippen LogP contribution in [-0.2, 0) is 20.9 Å². The van der Waals surface area contributed by atoms with Crippen LogP contribution in [0, 0.1) is 5.92 Å². The van der Waals surface area contributed by atoms with Crippen LogP contribution in [0.1, 0.15) is 38.0 Å². The Labute approximate surface area is 144 Å². The number of aromatic nitrogens is 1. The van der Waals surface area contributed by atoms with Crippen LogP contribution in [0.25, 0.3) is 11.1 Å². The molecule has 2 aromatic rings. The largest absolute Gasteiger partial charge is 0.497 e. The average Bonchev–Trinajstić information content (AvgIpc) is 3.31. The van der Waals surface area contributed by atoms with Gasteiger partial charge in [-0.2, -0.15) is 0 Å². The van der Waals surface area contributed by atoms with E-state index in [-0.39, 0.29) is 24.8 Å². The number of methoxy groups -OCH3 is 1. The zero-order valence-corrected chi connectivity index (χ0v) is 14.0. The van der Waals surface area contributed by atoms with Crippen molar-refractivity contribution >= 4 is 23.0 Å². The van der Waals surface area contributed by atoms with Gasteiger partial charge in [-0.1, -0.05) is 0 Å². The van der Waals surface area contributed by atoms with Crippen LogP contribution in [0.5, 0.6) is 5.75 Å². The topological polar surface area (TPSA) is 90.7 Å². The van der Waals surface area contributed by atoms with Crippen LogP contribution in [0.2, 0.25) is 0 Å². The molecule has 1 amide bonds. The van der Waals surface area contributed by atoms with Gasteiger partial charge in [0.15, 0.2) is 5.58 Å². The molecular formula is C18H20N2O5. The fourth-order valence-electron chi connectivity index (χ4n) is 3.89. The summed E-state index contributed by atoms with van der Waals surface area (Å²) in [5, 5.41) is 2.84. The van der Waals surface area contributed by atoms with Crippen molar-refractivity contribution in [2.24, 2.45) is 5.92 Å². The third-order valence-electron chi connectivity index (χ3n) is 5.14. The maximum absolute atomic E-state index is 12.6. The lowest BCUT2D eigenvalue weighted by Crippen LogP contribution is -2.42. The Balaban J connectivity index is 1.45. The van der Waals surface area contributed by atoms with E-state index >= 15 is 0 Å². The van der Waals surface area contributed by atoms with Crippen LogP contribution in [-0.4, -0.2) is 29.6 Å². The Hall–Kier alpha value is -2.57. The number of nitrogens with zero attached hydrogens (tertiary/aromatic N) is 1. The normalized spacial score (nSPS) is 21.6. The number of hydrogen-bond acceptors (Lipinski definition) is 6. The summed E-state index contributed by atoms with van der Waals surface area (Å²) in [6.45, 7) is 0.177. The lowest BCUT2D eigenvalue weighted by molar-refractivity contribution is -0.150. The Bertz CT molecular complexity index is 822. The number of ether oxygens (including phenoxy) is 2. The van der Waals surface area contributed by atoms with Gasteiger partial charge in [-0.25, -0.2) is 4.98 Å². The summed E-state index contributed by atoms with van der Waals surface area (Å²) in [5.74, 6) is 0.235. The van der Waals surface area contributed by atoms with Crippen molar-refractivity contribution in [3.8, 4) is 5.75 Å². The van der Waals surface area contributed by atoms with Crippen molar-refractivity contribution in [2.45, 2.75) is 44.2 Å². The number of hydrogen-bond donors (Lipinski definition) is 1. The van der Waals surface area contributed by atoms with Gasteiger partial charge < -0.3 is 19.2 Å². The molecule has 132 valence electrons.